The molecule has 1 spiro atoms. The molecule has 0 aromatic heterocycles. The van der Waals surface area contributed by atoms with Gasteiger partial charge in [-0.15, -0.1) is 0 Å². The van der Waals surface area contributed by atoms with Gasteiger partial charge in [-0.3, -0.25) is 0 Å². The molecule has 1 aromatic carbocycles. The number of rotatable bonds is 2. The molecule has 3 rings (SSSR count). The summed E-state index contributed by atoms with van der Waals surface area (Å²) in [6.07, 6.45) is 5.38. The van der Waals surface area contributed by atoms with E-state index in [-0.39, 0.29) is 0 Å². The molecule has 0 aliphatic heterocycles. The van der Waals surface area contributed by atoms with Gasteiger partial charge >= 0.3 is 0 Å². The van der Waals surface area contributed by atoms with Gasteiger partial charge in [0.05, 0.1) is 11.4 Å². The molecule has 110 valence electrons. The van der Waals surface area contributed by atoms with Crippen LogP contribution in [0, 0.1) is 16.7 Å². The smallest absolute Gasteiger partial charge is 0.0577 e. The molecule has 20 heavy (non-hydrogen) atoms. The molecular formula is C17H25BrN2. The van der Waals surface area contributed by atoms with Crippen molar-refractivity contribution in [2.24, 2.45) is 16.7 Å². The van der Waals surface area contributed by atoms with Gasteiger partial charge in [-0.25, -0.2) is 0 Å². The summed E-state index contributed by atoms with van der Waals surface area (Å²) in [7, 11) is 0. The van der Waals surface area contributed by atoms with Gasteiger partial charge in [-0.05, 0) is 60.6 Å². The molecule has 3 atom stereocenters. The monoisotopic (exact) mass is 336 g/mol. The molecule has 2 aliphatic carbocycles. The molecule has 0 amide bonds. The Hall–Kier alpha value is -0.700. The molecule has 0 radical (unpaired) electrons. The lowest BCUT2D eigenvalue weighted by atomic mass is 9.66. The van der Waals surface area contributed by atoms with Crippen molar-refractivity contribution < 1.29 is 0 Å². The van der Waals surface area contributed by atoms with Gasteiger partial charge in [0.15, 0.2) is 0 Å². The maximum absolute atomic E-state index is 6.10. The average Bonchev–Trinajstić information content (AvgIpc) is 2.90. The van der Waals surface area contributed by atoms with E-state index in [0.717, 1.165) is 21.8 Å². The molecule has 1 aromatic rings. The minimum absolute atomic E-state index is 0.485. The summed E-state index contributed by atoms with van der Waals surface area (Å²) in [6.45, 7) is 7.26. The van der Waals surface area contributed by atoms with Crippen LogP contribution >= 0.6 is 15.9 Å². The minimum Gasteiger partial charge on any atom is -0.397 e. The van der Waals surface area contributed by atoms with Crippen molar-refractivity contribution in [1.82, 2.24) is 0 Å². The molecular weight excluding hydrogens is 312 g/mol. The summed E-state index contributed by atoms with van der Waals surface area (Å²) in [5.74, 6) is 0.841. The van der Waals surface area contributed by atoms with Crippen molar-refractivity contribution in [3.8, 4) is 0 Å². The fourth-order valence-corrected chi connectivity index (χ4v) is 5.01. The first kappa shape index (κ1) is 14.2. The van der Waals surface area contributed by atoms with E-state index in [0.29, 0.717) is 16.9 Å². The molecule has 0 heterocycles. The molecule has 3 heteroatoms. The average molecular weight is 337 g/mol. The minimum atomic E-state index is 0.485. The highest BCUT2D eigenvalue weighted by molar-refractivity contribution is 9.10. The Morgan fingerprint density at radius 2 is 2.00 bits per heavy atom. The lowest BCUT2D eigenvalue weighted by Crippen LogP contribution is -2.32. The number of nitrogens with one attached hydrogen (secondary N) is 1. The van der Waals surface area contributed by atoms with E-state index in [4.69, 9.17) is 5.73 Å². The van der Waals surface area contributed by atoms with Crippen molar-refractivity contribution in [2.45, 2.75) is 52.5 Å². The molecule has 0 saturated heterocycles. The van der Waals surface area contributed by atoms with E-state index in [1.807, 2.05) is 6.07 Å². The van der Waals surface area contributed by atoms with Crippen LogP contribution in [0.4, 0.5) is 11.4 Å². The second-order valence-electron chi connectivity index (χ2n) is 7.85. The normalized spacial score (nSPS) is 35.0. The van der Waals surface area contributed by atoms with Gasteiger partial charge in [0.2, 0.25) is 0 Å². The zero-order valence-electron chi connectivity index (χ0n) is 12.7. The summed E-state index contributed by atoms with van der Waals surface area (Å²) < 4.78 is 1.04. The Kier molecular flexibility index (Phi) is 3.32. The van der Waals surface area contributed by atoms with Crippen LogP contribution < -0.4 is 11.1 Å². The Bertz CT molecular complexity index is 526. The zero-order chi connectivity index (χ0) is 14.5. The summed E-state index contributed by atoms with van der Waals surface area (Å²) in [4.78, 5) is 0. The maximum Gasteiger partial charge on any atom is 0.0577 e. The molecule has 2 saturated carbocycles. The van der Waals surface area contributed by atoms with E-state index < -0.39 is 0 Å². The predicted molar refractivity (Wildman–Crippen MR) is 89.8 cm³/mol. The lowest BCUT2D eigenvalue weighted by Gasteiger charge is -2.40. The van der Waals surface area contributed by atoms with Gasteiger partial charge < -0.3 is 11.1 Å². The SMILES string of the molecule is C[C@@H]1CC(C)(C)CC2(C1)C[C@H]2Nc1ccc(Br)cc1N. The van der Waals surface area contributed by atoms with Crippen LogP contribution in [0.15, 0.2) is 22.7 Å². The van der Waals surface area contributed by atoms with Crippen molar-refractivity contribution in [3.63, 3.8) is 0 Å². The Balaban J connectivity index is 1.72. The van der Waals surface area contributed by atoms with Crippen molar-refractivity contribution in [2.75, 3.05) is 11.1 Å². The molecule has 2 fully saturated rings. The number of halogens is 1. The fraction of sp³-hybridized carbons (Fsp3) is 0.647. The molecule has 1 unspecified atom stereocenters. The summed E-state index contributed by atoms with van der Waals surface area (Å²) in [5.41, 5.74) is 9.03. The third-order valence-corrected chi connectivity index (χ3v) is 5.51. The number of anilines is 2. The summed E-state index contributed by atoms with van der Waals surface area (Å²) in [6, 6.07) is 6.72. The molecule has 3 N–H and O–H groups in total. The van der Waals surface area contributed by atoms with E-state index in [1.54, 1.807) is 0 Å². The summed E-state index contributed by atoms with van der Waals surface area (Å²) >= 11 is 3.46. The summed E-state index contributed by atoms with van der Waals surface area (Å²) in [5, 5.41) is 3.68. The molecule has 2 nitrogen and oxygen atoms in total. The zero-order valence-corrected chi connectivity index (χ0v) is 14.3. The van der Waals surface area contributed by atoms with Gasteiger partial charge in [-0.1, -0.05) is 36.7 Å². The molecule has 0 bridgehead atoms. The van der Waals surface area contributed by atoms with Crippen LogP contribution in [0.1, 0.15) is 46.5 Å². The first-order valence-corrected chi connectivity index (χ1v) is 8.41. The van der Waals surface area contributed by atoms with E-state index >= 15 is 0 Å². The number of nitrogens with two attached hydrogens (primary N) is 1. The fourth-order valence-electron chi connectivity index (χ4n) is 4.63. The highest BCUT2D eigenvalue weighted by atomic mass is 79.9. The van der Waals surface area contributed by atoms with E-state index in [9.17, 15) is 0 Å². The van der Waals surface area contributed by atoms with Crippen LogP contribution in [0.5, 0.6) is 0 Å². The Morgan fingerprint density at radius 1 is 1.25 bits per heavy atom. The number of hydrogen-bond acceptors (Lipinski definition) is 2. The van der Waals surface area contributed by atoms with Crippen molar-refractivity contribution >= 4 is 27.3 Å². The van der Waals surface area contributed by atoms with E-state index in [2.05, 4.69) is 54.2 Å². The standard InChI is InChI=1S/C17H25BrN2/c1-11-7-16(2,3)10-17(8-11)9-15(17)20-14-5-4-12(18)6-13(14)19/h4-6,11,15,20H,7-10,19H2,1-3H3/t11-,15-,17?/m1/s1. The quantitative estimate of drug-likeness (QED) is 0.741. The maximum atomic E-state index is 6.10. The van der Waals surface area contributed by atoms with E-state index in [1.165, 1.54) is 25.7 Å². The van der Waals surface area contributed by atoms with Crippen molar-refractivity contribution in [1.29, 1.82) is 0 Å². The van der Waals surface area contributed by atoms with Crippen LogP contribution in [-0.2, 0) is 0 Å². The van der Waals surface area contributed by atoms with Crippen LogP contribution in [0.3, 0.4) is 0 Å². The van der Waals surface area contributed by atoms with Crippen LogP contribution in [-0.4, -0.2) is 6.04 Å². The van der Waals surface area contributed by atoms with Crippen molar-refractivity contribution in [3.05, 3.63) is 22.7 Å². The van der Waals surface area contributed by atoms with Crippen LogP contribution in [0.2, 0.25) is 0 Å². The Morgan fingerprint density at radius 3 is 2.65 bits per heavy atom. The molecule has 2 aliphatic rings. The van der Waals surface area contributed by atoms with Crippen LogP contribution in [0.25, 0.3) is 0 Å². The number of hydrogen-bond donors (Lipinski definition) is 2. The third kappa shape index (κ3) is 2.69. The largest absolute Gasteiger partial charge is 0.397 e. The number of nitrogen functional groups attached to an aromatic ring is 1. The highest BCUT2D eigenvalue weighted by Crippen LogP contribution is 2.63. The third-order valence-electron chi connectivity index (χ3n) is 5.02. The first-order valence-electron chi connectivity index (χ1n) is 7.61. The topological polar surface area (TPSA) is 38.0 Å². The number of benzene rings is 1. The highest BCUT2D eigenvalue weighted by Gasteiger charge is 2.58. The van der Waals surface area contributed by atoms with Gasteiger partial charge in [0.25, 0.3) is 0 Å². The lowest BCUT2D eigenvalue weighted by molar-refractivity contribution is 0.116. The second-order valence-corrected chi connectivity index (χ2v) is 8.77. The van der Waals surface area contributed by atoms with Gasteiger partial charge in [0.1, 0.15) is 0 Å². The van der Waals surface area contributed by atoms with Gasteiger partial charge in [-0.2, -0.15) is 0 Å². The predicted octanol–water partition coefficient (Wildman–Crippen LogP) is 5.05. The second kappa shape index (κ2) is 4.66. The van der Waals surface area contributed by atoms with Gasteiger partial charge in [0, 0.05) is 10.5 Å². The first-order chi connectivity index (χ1) is 9.30. The Labute approximate surface area is 130 Å².